The van der Waals surface area contributed by atoms with Gasteiger partial charge in [-0.15, -0.1) is 0 Å². The zero-order valence-corrected chi connectivity index (χ0v) is 13.0. The monoisotopic (exact) mass is 276 g/mol. The lowest BCUT2D eigenvalue weighted by atomic mass is 9.78. The maximum Gasteiger partial charge on any atom is 0.144 e. The van der Waals surface area contributed by atoms with Gasteiger partial charge in [-0.2, -0.15) is 0 Å². The van der Waals surface area contributed by atoms with Crippen molar-refractivity contribution in [3.8, 4) is 5.75 Å². The second kappa shape index (κ2) is 6.87. The van der Waals surface area contributed by atoms with Gasteiger partial charge >= 0.3 is 0 Å². The van der Waals surface area contributed by atoms with Crippen molar-refractivity contribution in [3.63, 3.8) is 0 Å². The number of benzene rings is 1. The second-order valence-corrected chi connectivity index (χ2v) is 6.13. The van der Waals surface area contributed by atoms with Crippen molar-refractivity contribution in [1.82, 2.24) is 0 Å². The number of nitrogens with two attached hydrogens (primary N) is 1. The van der Waals surface area contributed by atoms with E-state index in [1.54, 1.807) is 0 Å². The van der Waals surface area contributed by atoms with Gasteiger partial charge in [0.15, 0.2) is 0 Å². The predicted molar refractivity (Wildman–Crippen MR) is 86.2 cm³/mol. The molecule has 1 aromatic carbocycles. The van der Waals surface area contributed by atoms with Crippen LogP contribution in [-0.2, 0) is 0 Å². The van der Waals surface area contributed by atoms with Crippen molar-refractivity contribution in [1.29, 1.82) is 0 Å². The predicted octanol–water partition coefficient (Wildman–Crippen LogP) is 4.29. The molecule has 0 amide bonds. The Bertz CT molecular complexity index is 431. The molecule has 1 aromatic rings. The van der Waals surface area contributed by atoms with Gasteiger partial charge in [-0.25, -0.2) is 0 Å². The van der Waals surface area contributed by atoms with E-state index in [1.165, 1.54) is 25.7 Å². The number of hydrogen-bond donors (Lipinski definition) is 2. The van der Waals surface area contributed by atoms with Crippen molar-refractivity contribution in [2.75, 3.05) is 17.7 Å². The van der Waals surface area contributed by atoms with Crippen LogP contribution in [0.3, 0.4) is 0 Å². The number of anilines is 2. The fourth-order valence-corrected chi connectivity index (χ4v) is 3.26. The van der Waals surface area contributed by atoms with E-state index in [9.17, 15) is 0 Å². The molecule has 3 heteroatoms. The van der Waals surface area contributed by atoms with Gasteiger partial charge in [0.2, 0.25) is 0 Å². The van der Waals surface area contributed by atoms with Crippen LogP contribution in [0.4, 0.5) is 11.4 Å². The molecule has 1 aliphatic carbocycles. The number of nitrogen functional groups attached to an aromatic ring is 1. The summed E-state index contributed by atoms with van der Waals surface area (Å²) in [5, 5.41) is 3.70. The van der Waals surface area contributed by atoms with Crippen LogP contribution in [0.2, 0.25) is 0 Å². The molecule has 0 heterocycles. The summed E-state index contributed by atoms with van der Waals surface area (Å²) in [7, 11) is 0. The van der Waals surface area contributed by atoms with Crippen molar-refractivity contribution < 1.29 is 4.74 Å². The molecular weight excluding hydrogens is 248 g/mol. The van der Waals surface area contributed by atoms with Gasteiger partial charge in [0.25, 0.3) is 0 Å². The van der Waals surface area contributed by atoms with E-state index in [0.717, 1.165) is 23.3 Å². The van der Waals surface area contributed by atoms with E-state index in [2.05, 4.69) is 25.2 Å². The maximum absolute atomic E-state index is 5.93. The molecule has 0 aliphatic heterocycles. The highest BCUT2D eigenvalue weighted by molar-refractivity contribution is 5.61. The smallest absolute Gasteiger partial charge is 0.144 e. The number of hydrogen-bond acceptors (Lipinski definition) is 3. The summed E-state index contributed by atoms with van der Waals surface area (Å²) in [4.78, 5) is 0. The molecule has 2 atom stereocenters. The number of nitrogens with one attached hydrogen (secondary N) is 1. The molecule has 0 saturated heterocycles. The van der Waals surface area contributed by atoms with Gasteiger partial charge in [0.05, 0.1) is 12.3 Å². The van der Waals surface area contributed by atoms with E-state index in [0.29, 0.717) is 18.3 Å². The molecule has 0 radical (unpaired) electrons. The Hall–Kier alpha value is -1.38. The molecule has 1 saturated carbocycles. The van der Waals surface area contributed by atoms with Crippen LogP contribution in [0, 0.1) is 11.8 Å². The number of ether oxygens (including phenoxy) is 1. The molecule has 112 valence electrons. The Kier molecular flexibility index (Phi) is 5.16. The minimum Gasteiger partial charge on any atom is -0.492 e. The first-order valence-electron chi connectivity index (χ1n) is 7.90. The number of rotatable bonds is 5. The molecule has 0 bridgehead atoms. The van der Waals surface area contributed by atoms with Gasteiger partial charge in [-0.1, -0.05) is 26.7 Å². The molecule has 3 nitrogen and oxygen atoms in total. The standard InChI is InChI=1S/C17H28N2O/c1-4-20-17-11-13(9-10-15(17)18)19-16-8-6-5-7-14(16)12(2)3/h9-12,14,16,19H,4-8,18H2,1-3H3. The minimum atomic E-state index is 0.571. The van der Waals surface area contributed by atoms with Crippen LogP contribution in [-0.4, -0.2) is 12.6 Å². The van der Waals surface area contributed by atoms with Crippen molar-refractivity contribution in [2.45, 2.75) is 52.5 Å². The fraction of sp³-hybridized carbons (Fsp3) is 0.647. The summed E-state index contributed by atoms with van der Waals surface area (Å²) < 4.78 is 5.58. The Labute approximate surface area is 122 Å². The first-order chi connectivity index (χ1) is 9.61. The van der Waals surface area contributed by atoms with Crippen LogP contribution in [0.25, 0.3) is 0 Å². The highest BCUT2D eigenvalue weighted by Crippen LogP contribution is 2.33. The highest BCUT2D eigenvalue weighted by Gasteiger charge is 2.27. The summed E-state index contributed by atoms with van der Waals surface area (Å²) in [6.45, 7) is 7.29. The minimum absolute atomic E-state index is 0.571. The Balaban J connectivity index is 2.09. The van der Waals surface area contributed by atoms with Gasteiger partial charge in [-0.3, -0.25) is 0 Å². The summed E-state index contributed by atoms with van der Waals surface area (Å²) in [5.41, 5.74) is 7.77. The van der Waals surface area contributed by atoms with E-state index >= 15 is 0 Å². The fourth-order valence-electron chi connectivity index (χ4n) is 3.26. The molecule has 3 N–H and O–H groups in total. The maximum atomic E-state index is 5.93. The lowest BCUT2D eigenvalue weighted by Gasteiger charge is -2.35. The van der Waals surface area contributed by atoms with E-state index in [4.69, 9.17) is 10.5 Å². The van der Waals surface area contributed by atoms with Crippen LogP contribution in [0.5, 0.6) is 5.75 Å². The normalized spacial score (nSPS) is 22.8. The SMILES string of the molecule is CCOc1cc(NC2CCCCC2C(C)C)ccc1N. The van der Waals surface area contributed by atoms with Gasteiger partial charge < -0.3 is 15.8 Å². The van der Waals surface area contributed by atoms with Gasteiger partial charge in [0, 0.05) is 17.8 Å². The van der Waals surface area contributed by atoms with Crippen LogP contribution in [0.15, 0.2) is 18.2 Å². The molecule has 2 unspecified atom stereocenters. The largest absolute Gasteiger partial charge is 0.492 e. The quantitative estimate of drug-likeness (QED) is 0.788. The van der Waals surface area contributed by atoms with Crippen molar-refractivity contribution in [3.05, 3.63) is 18.2 Å². The Morgan fingerprint density at radius 2 is 2.05 bits per heavy atom. The highest BCUT2D eigenvalue weighted by atomic mass is 16.5. The summed E-state index contributed by atoms with van der Waals surface area (Å²) >= 11 is 0. The zero-order valence-electron chi connectivity index (χ0n) is 13.0. The molecule has 1 aliphatic rings. The topological polar surface area (TPSA) is 47.3 Å². The third kappa shape index (κ3) is 3.59. The van der Waals surface area contributed by atoms with Gasteiger partial charge in [0.1, 0.15) is 5.75 Å². The molecule has 1 fully saturated rings. The van der Waals surface area contributed by atoms with Crippen molar-refractivity contribution in [2.24, 2.45) is 11.8 Å². The summed E-state index contributed by atoms with van der Waals surface area (Å²) in [6.07, 6.45) is 5.29. The lowest BCUT2D eigenvalue weighted by Crippen LogP contribution is -2.35. The Morgan fingerprint density at radius 1 is 1.30 bits per heavy atom. The van der Waals surface area contributed by atoms with Gasteiger partial charge in [-0.05, 0) is 43.7 Å². The third-order valence-electron chi connectivity index (χ3n) is 4.34. The zero-order chi connectivity index (χ0) is 14.5. The first kappa shape index (κ1) is 15.0. The average Bonchev–Trinajstić information content (AvgIpc) is 2.43. The summed E-state index contributed by atoms with van der Waals surface area (Å²) in [5.74, 6) is 2.28. The van der Waals surface area contributed by atoms with Crippen molar-refractivity contribution >= 4 is 11.4 Å². The average molecular weight is 276 g/mol. The Morgan fingerprint density at radius 3 is 2.75 bits per heavy atom. The third-order valence-corrected chi connectivity index (χ3v) is 4.34. The summed E-state index contributed by atoms with van der Waals surface area (Å²) in [6, 6.07) is 6.59. The van der Waals surface area contributed by atoms with Crippen LogP contribution < -0.4 is 15.8 Å². The molecule has 0 spiro atoms. The van der Waals surface area contributed by atoms with E-state index < -0.39 is 0 Å². The van der Waals surface area contributed by atoms with Crippen LogP contribution >= 0.6 is 0 Å². The molecule has 2 rings (SSSR count). The first-order valence-corrected chi connectivity index (χ1v) is 7.90. The van der Waals surface area contributed by atoms with Crippen LogP contribution in [0.1, 0.15) is 46.5 Å². The van der Waals surface area contributed by atoms with E-state index in [1.807, 2.05) is 19.1 Å². The lowest BCUT2D eigenvalue weighted by molar-refractivity contribution is 0.253. The molecule has 20 heavy (non-hydrogen) atoms. The van der Waals surface area contributed by atoms with E-state index in [-0.39, 0.29) is 0 Å². The molecular formula is C17H28N2O. The second-order valence-electron chi connectivity index (χ2n) is 6.13. The molecule has 0 aromatic heterocycles.